The Morgan fingerprint density at radius 3 is 2.53 bits per heavy atom. The maximum Gasteiger partial charge on any atom is 0.0304 e. The summed E-state index contributed by atoms with van der Waals surface area (Å²) in [6, 6.07) is 0.696. The highest BCUT2D eigenvalue weighted by Crippen LogP contribution is 2.25. The van der Waals surface area contributed by atoms with Crippen molar-refractivity contribution in [3.8, 4) is 0 Å². The molecule has 2 aliphatic rings. The molecule has 2 heterocycles. The van der Waals surface area contributed by atoms with Crippen molar-refractivity contribution in [2.24, 2.45) is 5.92 Å². The largest absolute Gasteiger partial charge is 0.308 e. The van der Waals surface area contributed by atoms with E-state index < -0.39 is 0 Å². The molecule has 1 N–H and O–H groups in total. The van der Waals surface area contributed by atoms with Crippen molar-refractivity contribution >= 4 is 0 Å². The summed E-state index contributed by atoms with van der Waals surface area (Å²) >= 11 is 0. The molecule has 0 spiro atoms. The first kappa shape index (κ1) is 15.3. The summed E-state index contributed by atoms with van der Waals surface area (Å²) in [5.41, 5.74) is 0.371. The van der Waals surface area contributed by atoms with Crippen LogP contribution in [0.3, 0.4) is 0 Å². The van der Waals surface area contributed by atoms with Crippen molar-refractivity contribution in [3.05, 3.63) is 0 Å². The molecule has 2 rings (SSSR count). The highest BCUT2D eigenvalue weighted by Gasteiger charge is 2.36. The lowest BCUT2D eigenvalue weighted by Crippen LogP contribution is -2.63. The van der Waals surface area contributed by atoms with Gasteiger partial charge >= 0.3 is 0 Å². The fourth-order valence-corrected chi connectivity index (χ4v) is 3.74. The zero-order chi connectivity index (χ0) is 13.9. The predicted octanol–water partition coefficient (Wildman–Crippen LogP) is 2.18. The Hall–Kier alpha value is -0.120. The SMILES string of the molecule is CCN1CCC(CN2CC(CC)(CC)NCC2C)C1. The smallest absolute Gasteiger partial charge is 0.0304 e. The quantitative estimate of drug-likeness (QED) is 0.824. The fourth-order valence-electron chi connectivity index (χ4n) is 3.74. The van der Waals surface area contributed by atoms with E-state index in [1.165, 1.54) is 52.0 Å². The van der Waals surface area contributed by atoms with Crippen LogP contribution in [-0.2, 0) is 0 Å². The minimum atomic E-state index is 0.371. The summed E-state index contributed by atoms with van der Waals surface area (Å²) in [6.45, 7) is 16.9. The van der Waals surface area contributed by atoms with Gasteiger partial charge in [-0.25, -0.2) is 0 Å². The van der Waals surface area contributed by atoms with E-state index >= 15 is 0 Å². The Morgan fingerprint density at radius 2 is 1.95 bits per heavy atom. The standard InChI is InChI=1S/C16H33N3/c1-5-16(6-2)13-19(14(4)10-17-16)12-15-8-9-18(7-3)11-15/h14-15,17H,5-13H2,1-4H3. The van der Waals surface area contributed by atoms with Gasteiger partial charge in [-0.2, -0.15) is 0 Å². The maximum atomic E-state index is 3.80. The molecule has 2 saturated heterocycles. The number of hydrogen-bond acceptors (Lipinski definition) is 3. The first-order valence-corrected chi connectivity index (χ1v) is 8.34. The van der Waals surface area contributed by atoms with Crippen LogP contribution in [0, 0.1) is 5.92 Å². The second-order valence-electron chi connectivity index (χ2n) is 6.69. The molecule has 2 atom stereocenters. The average molecular weight is 267 g/mol. The van der Waals surface area contributed by atoms with Gasteiger partial charge in [0.1, 0.15) is 0 Å². The monoisotopic (exact) mass is 267 g/mol. The summed E-state index contributed by atoms with van der Waals surface area (Å²) < 4.78 is 0. The summed E-state index contributed by atoms with van der Waals surface area (Å²) in [7, 11) is 0. The van der Waals surface area contributed by atoms with Crippen LogP contribution < -0.4 is 5.32 Å². The number of hydrogen-bond donors (Lipinski definition) is 1. The Balaban J connectivity index is 1.91. The normalized spacial score (nSPS) is 32.8. The zero-order valence-electron chi connectivity index (χ0n) is 13.4. The van der Waals surface area contributed by atoms with Crippen molar-refractivity contribution in [3.63, 3.8) is 0 Å². The van der Waals surface area contributed by atoms with Gasteiger partial charge in [-0.15, -0.1) is 0 Å². The second kappa shape index (κ2) is 6.55. The van der Waals surface area contributed by atoms with Crippen molar-refractivity contribution in [1.82, 2.24) is 15.1 Å². The van der Waals surface area contributed by atoms with Gasteiger partial charge in [0, 0.05) is 37.8 Å². The summed E-state index contributed by atoms with van der Waals surface area (Å²) in [4.78, 5) is 5.36. The van der Waals surface area contributed by atoms with Gasteiger partial charge in [0.05, 0.1) is 0 Å². The number of likely N-dealkylation sites (tertiary alicyclic amines) is 1. The van der Waals surface area contributed by atoms with Crippen LogP contribution in [0.4, 0.5) is 0 Å². The van der Waals surface area contributed by atoms with E-state index in [1.54, 1.807) is 0 Å². The number of nitrogens with zero attached hydrogens (tertiary/aromatic N) is 2. The van der Waals surface area contributed by atoms with E-state index in [0.717, 1.165) is 12.5 Å². The van der Waals surface area contributed by atoms with E-state index in [4.69, 9.17) is 0 Å². The van der Waals surface area contributed by atoms with E-state index in [2.05, 4.69) is 42.8 Å². The van der Waals surface area contributed by atoms with E-state index in [-0.39, 0.29) is 0 Å². The molecule has 0 aromatic heterocycles. The van der Waals surface area contributed by atoms with Crippen LogP contribution in [-0.4, -0.2) is 60.6 Å². The van der Waals surface area contributed by atoms with Crippen molar-refractivity contribution < 1.29 is 0 Å². The Bertz CT molecular complexity index is 275. The molecule has 2 aliphatic heterocycles. The molecule has 2 unspecified atom stereocenters. The molecular weight excluding hydrogens is 234 g/mol. The lowest BCUT2D eigenvalue weighted by molar-refractivity contribution is 0.0678. The number of piperazine rings is 1. The molecule has 0 amide bonds. The summed E-state index contributed by atoms with van der Waals surface area (Å²) in [6.07, 6.45) is 3.90. The lowest BCUT2D eigenvalue weighted by atomic mass is 9.88. The van der Waals surface area contributed by atoms with Crippen LogP contribution >= 0.6 is 0 Å². The molecular formula is C16H33N3. The Kier molecular flexibility index (Phi) is 5.27. The highest BCUT2D eigenvalue weighted by atomic mass is 15.3. The lowest BCUT2D eigenvalue weighted by Gasteiger charge is -2.47. The van der Waals surface area contributed by atoms with E-state index in [1.807, 2.05) is 0 Å². The molecule has 0 saturated carbocycles. The minimum Gasteiger partial charge on any atom is -0.308 e. The molecule has 0 aromatic rings. The zero-order valence-corrected chi connectivity index (χ0v) is 13.4. The predicted molar refractivity (Wildman–Crippen MR) is 82.6 cm³/mol. The van der Waals surface area contributed by atoms with Gasteiger partial charge in [-0.3, -0.25) is 4.90 Å². The van der Waals surface area contributed by atoms with Crippen LogP contribution in [0.2, 0.25) is 0 Å². The topological polar surface area (TPSA) is 18.5 Å². The molecule has 0 bridgehead atoms. The molecule has 3 heteroatoms. The third kappa shape index (κ3) is 3.50. The van der Waals surface area contributed by atoms with Crippen molar-refractivity contribution in [1.29, 1.82) is 0 Å². The van der Waals surface area contributed by atoms with E-state index in [9.17, 15) is 0 Å². The van der Waals surface area contributed by atoms with Crippen molar-refractivity contribution in [2.45, 2.75) is 58.5 Å². The van der Waals surface area contributed by atoms with Crippen LogP contribution in [0.15, 0.2) is 0 Å². The first-order chi connectivity index (χ1) is 9.12. The molecule has 0 aliphatic carbocycles. The third-order valence-electron chi connectivity index (χ3n) is 5.57. The molecule has 3 nitrogen and oxygen atoms in total. The maximum absolute atomic E-state index is 3.80. The van der Waals surface area contributed by atoms with Crippen LogP contribution in [0.25, 0.3) is 0 Å². The van der Waals surface area contributed by atoms with Gasteiger partial charge < -0.3 is 10.2 Å². The number of rotatable bonds is 5. The van der Waals surface area contributed by atoms with Gasteiger partial charge in [0.2, 0.25) is 0 Å². The Labute approximate surface area is 119 Å². The van der Waals surface area contributed by atoms with Gasteiger partial charge in [0.15, 0.2) is 0 Å². The fraction of sp³-hybridized carbons (Fsp3) is 1.00. The summed E-state index contributed by atoms with van der Waals surface area (Å²) in [5.74, 6) is 0.895. The number of nitrogens with one attached hydrogen (secondary N) is 1. The third-order valence-corrected chi connectivity index (χ3v) is 5.57. The molecule has 19 heavy (non-hydrogen) atoms. The van der Waals surface area contributed by atoms with Gasteiger partial charge in [0.25, 0.3) is 0 Å². The Morgan fingerprint density at radius 1 is 1.21 bits per heavy atom. The molecule has 2 fully saturated rings. The van der Waals surface area contributed by atoms with E-state index in [0.29, 0.717) is 11.6 Å². The van der Waals surface area contributed by atoms with Crippen LogP contribution in [0.5, 0.6) is 0 Å². The van der Waals surface area contributed by atoms with Gasteiger partial charge in [-0.05, 0) is 45.2 Å². The average Bonchev–Trinajstić information content (AvgIpc) is 2.89. The first-order valence-electron chi connectivity index (χ1n) is 8.34. The second-order valence-corrected chi connectivity index (χ2v) is 6.69. The summed E-state index contributed by atoms with van der Waals surface area (Å²) in [5, 5.41) is 3.80. The highest BCUT2D eigenvalue weighted by molar-refractivity contribution is 4.96. The molecule has 0 aromatic carbocycles. The van der Waals surface area contributed by atoms with Crippen LogP contribution in [0.1, 0.15) is 47.0 Å². The molecule has 0 radical (unpaired) electrons. The minimum absolute atomic E-state index is 0.371. The van der Waals surface area contributed by atoms with Crippen molar-refractivity contribution in [2.75, 3.05) is 39.3 Å². The molecule has 112 valence electrons. The van der Waals surface area contributed by atoms with Gasteiger partial charge in [-0.1, -0.05) is 20.8 Å².